The molecule has 2 amide bonds. The Morgan fingerprint density at radius 3 is 2.67 bits per heavy atom. The third kappa shape index (κ3) is 3.76. The predicted octanol–water partition coefficient (Wildman–Crippen LogP) is 0.870. The largest absolute Gasteiger partial charge is 0.496 e. The van der Waals surface area contributed by atoms with E-state index < -0.39 is 0 Å². The molecule has 98 valence electrons. The molecule has 0 fully saturated rings. The highest BCUT2D eigenvalue weighted by Crippen LogP contribution is 2.18. The van der Waals surface area contributed by atoms with Gasteiger partial charge in [-0.2, -0.15) is 0 Å². The summed E-state index contributed by atoms with van der Waals surface area (Å²) >= 11 is 0. The first-order chi connectivity index (χ1) is 8.58. The molecule has 0 aliphatic carbocycles. The number of carbonyl (C=O) groups excluding carboxylic acids is 2. The molecule has 0 saturated heterocycles. The SMILES string of the molecule is CNC(=O)CCNC(=O)c1ccc(C)c(OC)c1. The summed E-state index contributed by atoms with van der Waals surface area (Å²) in [7, 11) is 3.13. The van der Waals surface area contributed by atoms with Crippen molar-refractivity contribution in [1.82, 2.24) is 10.6 Å². The first-order valence-electron chi connectivity index (χ1n) is 5.72. The van der Waals surface area contributed by atoms with Gasteiger partial charge >= 0.3 is 0 Å². The molecule has 0 spiro atoms. The van der Waals surface area contributed by atoms with E-state index in [-0.39, 0.29) is 18.2 Å². The van der Waals surface area contributed by atoms with Crippen molar-refractivity contribution >= 4 is 11.8 Å². The van der Waals surface area contributed by atoms with Crippen LogP contribution in [0.25, 0.3) is 0 Å². The number of benzene rings is 1. The summed E-state index contributed by atoms with van der Waals surface area (Å²) in [6.45, 7) is 2.22. The van der Waals surface area contributed by atoms with E-state index in [0.29, 0.717) is 17.9 Å². The van der Waals surface area contributed by atoms with Crippen LogP contribution in [0.3, 0.4) is 0 Å². The minimum Gasteiger partial charge on any atom is -0.496 e. The second kappa shape index (κ2) is 6.64. The quantitative estimate of drug-likeness (QED) is 0.814. The molecule has 18 heavy (non-hydrogen) atoms. The van der Waals surface area contributed by atoms with Crippen molar-refractivity contribution in [3.05, 3.63) is 29.3 Å². The lowest BCUT2D eigenvalue weighted by Crippen LogP contribution is -2.29. The van der Waals surface area contributed by atoms with Gasteiger partial charge in [-0.1, -0.05) is 6.07 Å². The van der Waals surface area contributed by atoms with Crippen LogP contribution >= 0.6 is 0 Å². The maximum Gasteiger partial charge on any atom is 0.251 e. The number of amides is 2. The maximum absolute atomic E-state index is 11.8. The van der Waals surface area contributed by atoms with E-state index in [1.807, 2.05) is 13.0 Å². The van der Waals surface area contributed by atoms with Crippen LogP contribution in [0.2, 0.25) is 0 Å². The lowest BCUT2D eigenvalue weighted by atomic mass is 10.1. The maximum atomic E-state index is 11.8. The number of ether oxygens (including phenoxy) is 1. The van der Waals surface area contributed by atoms with Crippen molar-refractivity contribution in [2.75, 3.05) is 20.7 Å². The van der Waals surface area contributed by atoms with Crippen LogP contribution in [0.4, 0.5) is 0 Å². The number of carbonyl (C=O) groups is 2. The third-order valence-electron chi connectivity index (χ3n) is 2.59. The van der Waals surface area contributed by atoms with Crippen molar-refractivity contribution in [3.63, 3.8) is 0 Å². The van der Waals surface area contributed by atoms with Crippen molar-refractivity contribution < 1.29 is 14.3 Å². The lowest BCUT2D eigenvalue weighted by Gasteiger charge is -2.08. The van der Waals surface area contributed by atoms with Gasteiger partial charge in [0.2, 0.25) is 5.91 Å². The minimum atomic E-state index is -0.211. The molecule has 1 aromatic carbocycles. The Kier molecular flexibility index (Phi) is 5.17. The lowest BCUT2D eigenvalue weighted by molar-refractivity contribution is -0.120. The third-order valence-corrected chi connectivity index (χ3v) is 2.59. The molecule has 5 heteroatoms. The van der Waals surface area contributed by atoms with Crippen LogP contribution in [0, 0.1) is 6.92 Å². The molecule has 0 aromatic heterocycles. The van der Waals surface area contributed by atoms with E-state index in [2.05, 4.69) is 10.6 Å². The Hall–Kier alpha value is -2.04. The average molecular weight is 250 g/mol. The van der Waals surface area contributed by atoms with Crippen LogP contribution in [-0.2, 0) is 4.79 Å². The molecule has 0 saturated carbocycles. The molecule has 0 unspecified atom stereocenters. The van der Waals surface area contributed by atoms with Crippen LogP contribution < -0.4 is 15.4 Å². The molecule has 0 aliphatic heterocycles. The van der Waals surface area contributed by atoms with Gasteiger partial charge in [-0.25, -0.2) is 0 Å². The zero-order valence-corrected chi connectivity index (χ0v) is 10.9. The topological polar surface area (TPSA) is 67.4 Å². The zero-order chi connectivity index (χ0) is 13.5. The fourth-order valence-corrected chi connectivity index (χ4v) is 1.48. The van der Waals surface area contributed by atoms with Crippen LogP contribution in [-0.4, -0.2) is 32.5 Å². The number of methoxy groups -OCH3 is 1. The molecule has 1 rings (SSSR count). The van der Waals surface area contributed by atoms with Gasteiger partial charge in [0, 0.05) is 25.6 Å². The first kappa shape index (κ1) is 14.0. The zero-order valence-electron chi connectivity index (χ0n) is 10.9. The summed E-state index contributed by atoms with van der Waals surface area (Å²) in [6, 6.07) is 5.24. The molecule has 0 radical (unpaired) electrons. The number of hydrogen-bond acceptors (Lipinski definition) is 3. The van der Waals surface area contributed by atoms with Gasteiger partial charge in [-0.3, -0.25) is 9.59 Å². The monoisotopic (exact) mass is 250 g/mol. The minimum absolute atomic E-state index is 0.100. The summed E-state index contributed by atoms with van der Waals surface area (Å²) in [5.41, 5.74) is 1.49. The van der Waals surface area contributed by atoms with Crippen LogP contribution in [0.1, 0.15) is 22.3 Å². The van der Waals surface area contributed by atoms with Crippen molar-refractivity contribution in [3.8, 4) is 5.75 Å². The summed E-state index contributed by atoms with van der Waals surface area (Å²) in [5, 5.41) is 5.17. The summed E-state index contributed by atoms with van der Waals surface area (Å²) in [4.78, 5) is 22.8. The van der Waals surface area contributed by atoms with E-state index in [4.69, 9.17) is 4.74 Å². The predicted molar refractivity (Wildman–Crippen MR) is 68.7 cm³/mol. The number of hydrogen-bond donors (Lipinski definition) is 2. The molecule has 0 atom stereocenters. The number of nitrogens with one attached hydrogen (secondary N) is 2. The van der Waals surface area contributed by atoms with E-state index in [9.17, 15) is 9.59 Å². The molecule has 1 aromatic rings. The summed E-state index contributed by atoms with van der Waals surface area (Å²) in [6.07, 6.45) is 0.269. The van der Waals surface area contributed by atoms with E-state index >= 15 is 0 Å². The van der Waals surface area contributed by atoms with Gasteiger partial charge in [0.1, 0.15) is 5.75 Å². The van der Waals surface area contributed by atoms with Crippen molar-refractivity contribution in [1.29, 1.82) is 0 Å². The van der Waals surface area contributed by atoms with Gasteiger partial charge < -0.3 is 15.4 Å². The number of aryl methyl sites for hydroxylation is 1. The Bertz CT molecular complexity index is 444. The smallest absolute Gasteiger partial charge is 0.251 e. The highest BCUT2D eigenvalue weighted by atomic mass is 16.5. The standard InChI is InChI=1S/C13H18N2O3/c1-9-4-5-10(8-11(9)18-3)13(17)15-7-6-12(16)14-2/h4-5,8H,6-7H2,1-3H3,(H,14,16)(H,15,17). The van der Waals surface area contributed by atoms with Crippen molar-refractivity contribution in [2.45, 2.75) is 13.3 Å². The van der Waals surface area contributed by atoms with Gasteiger partial charge in [-0.05, 0) is 24.6 Å². The van der Waals surface area contributed by atoms with Crippen LogP contribution in [0.5, 0.6) is 5.75 Å². The van der Waals surface area contributed by atoms with Gasteiger partial charge in [0.25, 0.3) is 5.91 Å². The second-order valence-corrected chi connectivity index (χ2v) is 3.86. The molecular weight excluding hydrogens is 232 g/mol. The molecule has 0 aliphatic rings. The van der Waals surface area contributed by atoms with Gasteiger partial charge in [0.05, 0.1) is 7.11 Å². The Labute approximate surface area is 107 Å². The Morgan fingerprint density at radius 1 is 1.33 bits per heavy atom. The fourth-order valence-electron chi connectivity index (χ4n) is 1.48. The fraction of sp³-hybridized carbons (Fsp3) is 0.385. The van der Waals surface area contributed by atoms with Crippen molar-refractivity contribution in [2.24, 2.45) is 0 Å². The van der Waals surface area contributed by atoms with E-state index in [1.165, 1.54) is 0 Å². The summed E-state index contributed by atoms with van der Waals surface area (Å²) < 4.78 is 5.15. The molecule has 0 bridgehead atoms. The van der Waals surface area contributed by atoms with E-state index in [0.717, 1.165) is 5.56 Å². The molecule has 2 N–H and O–H groups in total. The number of rotatable bonds is 5. The van der Waals surface area contributed by atoms with Gasteiger partial charge in [0.15, 0.2) is 0 Å². The molecular formula is C13H18N2O3. The average Bonchev–Trinajstić information content (AvgIpc) is 2.38. The van der Waals surface area contributed by atoms with Crippen LogP contribution in [0.15, 0.2) is 18.2 Å². The normalized spacial score (nSPS) is 9.72. The molecule has 0 heterocycles. The van der Waals surface area contributed by atoms with Gasteiger partial charge in [-0.15, -0.1) is 0 Å². The molecule has 5 nitrogen and oxygen atoms in total. The summed E-state index contributed by atoms with van der Waals surface area (Å²) in [5.74, 6) is 0.364. The van der Waals surface area contributed by atoms with E-state index in [1.54, 1.807) is 26.3 Å². The Balaban J connectivity index is 2.59. The Morgan fingerprint density at radius 2 is 2.06 bits per heavy atom. The highest BCUT2D eigenvalue weighted by molar-refractivity contribution is 5.94. The second-order valence-electron chi connectivity index (χ2n) is 3.86. The first-order valence-corrected chi connectivity index (χ1v) is 5.72. The highest BCUT2D eigenvalue weighted by Gasteiger charge is 2.08.